The van der Waals surface area contributed by atoms with Gasteiger partial charge in [0.25, 0.3) is 5.91 Å². The van der Waals surface area contributed by atoms with Crippen molar-refractivity contribution >= 4 is 5.91 Å². The molecule has 21 heavy (non-hydrogen) atoms. The van der Waals surface area contributed by atoms with Crippen LogP contribution in [0.5, 0.6) is 0 Å². The largest absolute Gasteiger partial charge is 0.366 e. The van der Waals surface area contributed by atoms with E-state index in [9.17, 15) is 4.79 Å². The molecule has 2 aliphatic heterocycles. The predicted molar refractivity (Wildman–Crippen MR) is 78.7 cm³/mol. The fourth-order valence-corrected chi connectivity index (χ4v) is 2.80. The lowest BCUT2D eigenvalue weighted by molar-refractivity contribution is -0.147. The molecule has 2 fully saturated rings. The average Bonchev–Trinajstić information content (AvgIpc) is 2.57. The molecule has 0 spiro atoms. The highest BCUT2D eigenvalue weighted by atomic mass is 16.5. The van der Waals surface area contributed by atoms with Crippen molar-refractivity contribution in [2.75, 3.05) is 45.9 Å². The van der Waals surface area contributed by atoms with Crippen LogP contribution in [0.15, 0.2) is 24.5 Å². The second kappa shape index (κ2) is 6.98. The van der Waals surface area contributed by atoms with Gasteiger partial charge < -0.3 is 15.0 Å². The zero-order valence-electron chi connectivity index (χ0n) is 12.2. The Hall–Kier alpha value is -1.50. The summed E-state index contributed by atoms with van der Waals surface area (Å²) < 4.78 is 5.54. The molecule has 1 aromatic rings. The van der Waals surface area contributed by atoms with Crippen LogP contribution < -0.4 is 5.32 Å². The predicted octanol–water partition coefficient (Wildman–Crippen LogP) is -0.286. The number of nitrogens with one attached hydrogen (secondary N) is 1. The van der Waals surface area contributed by atoms with E-state index < -0.39 is 0 Å². The Balaban J connectivity index is 1.47. The Morgan fingerprint density at radius 2 is 2.24 bits per heavy atom. The first-order valence-electron chi connectivity index (χ1n) is 7.55. The number of morpholine rings is 1. The fourth-order valence-electron chi connectivity index (χ4n) is 2.80. The molecule has 2 aliphatic rings. The zero-order chi connectivity index (χ0) is 14.5. The minimum absolute atomic E-state index is 0.128. The molecule has 0 radical (unpaired) electrons. The van der Waals surface area contributed by atoms with Crippen LogP contribution in [0.4, 0.5) is 0 Å². The normalized spacial score (nSPS) is 24.0. The van der Waals surface area contributed by atoms with Crippen molar-refractivity contribution in [1.29, 1.82) is 0 Å². The Morgan fingerprint density at radius 3 is 2.90 bits per heavy atom. The third-order valence-corrected chi connectivity index (χ3v) is 4.02. The zero-order valence-corrected chi connectivity index (χ0v) is 12.2. The van der Waals surface area contributed by atoms with E-state index in [2.05, 4.69) is 21.3 Å². The number of carbonyl (C=O) groups excluding carboxylic acids is 1. The molecule has 2 saturated heterocycles. The number of hydrogen-bond acceptors (Lipinski definition) is 5. The Bertz CT molecular complexity index is 454. The number of nitrogens with zero attached hydrogens (tertiary/aromatic N) is 3. The van der Waals surface area contributed by atoms with E-state index in [0.717, 1.165) is 39.3 Å². The standard InChI is InChI=1S/C15H22N4O2/c20-15(14-11-17-4-9-21-14)19-7-5-18(6-8-19)12-13-2-1-3-16-10-13/h1-3,10,14,17H,4-9,11-12H2. The highest BCUT2D eigenvalue weighted by molar-refractivity contribution is 5.81. The molecule has 0 saturated carbocycles. The molecule has 3 rings (SSSR count). The summed E-state index contributed by atoms with van der Waals surface area (Å²) in [7, 11) is 0. The first-order chi connectivity index (χ1) is 10.3. The lowest BCUT2D eigenvalue weighted by Crippen LogP contribution is -2.54. The summed E-state index contributed by atoms with van der Waals surface area (Å²) in [5.41, 5.74) is 1.22. The van der Waals surface area contributed by atoms with Gasteiger partial charge in [0, 0.05) is 58.2 Å². The minimum atomic E-state index is -0.302. The molecule has 6 heteroatoms. The van der Waals surface area contributed by atoms with E-state index >= 15 is 0 Å². The monoisotopic (exact) mass is 290 g/mol. The van der Waals surface area contributed by atoms with E-state index in [0.29, 0.717) is 13.2 Å². The molecule has 114 valence electrons. The van der Waals surface area contributed by atoms with Crippen molar-refractivity contribution in [3.8, 4) is 0 Å². The second-order valence-corrected chi connectivity index (χ2v) is 5.53. The number of carbonyl (C=O) groups is 1. The Morgan fingerprint density at radius 1 is 1.38 bits per heavy atom. The Kier molecular flexibility index (Phi) is 4.80. The smallest absolute Gasteiger partial charge is 0.253 e. The number of rotatable bonds is 3. The van der Waals surface area contributed by atoms with E-state index in [4.69, 9.17) is 4.74 Å². The molecule has 6 nitrogen and oxygen atoms in total. The number of amides is 1. The molecule has 3 heterocycles. The topological polar surface area (TPSA) is 57.7 Å². The average molecular weight is 290 g/mol. The van der Waals surface area contributed by atoms with Crippen LogP contribution in [0.2, 0.25) is 0 Å². The summed E-state index contributed by atoms with van der Waals surface area (Å²) in [6, 6.07) is 4.05. The van der Waals surface area contributed by atoms with Gasteiger partial charge in [-0.1, -0.05) is 6.07 Å². The van der Waals surface area contributed by atoms with Gasteiger partial charge in [0.05, 0.1) is 6.61 Å². The molecule has 0 aliphatic carbocycles. The van der Waals surface area contributed by atoms with Gasteiger partial charge in [-0.05, 0) is 11.6 Å². The maximum atomic E-state index is 12.4. The van der Waals surface area contributed by atoms with Gasteiger partial charge in [-0.25, -0.2) is 0 Å². The summed E-state index contributed by atoms with van der Waals surface area (Å²) in [5.74, 6) is 0.128. The second-order valence-electron chi connectivity index (χ2n) is 5.53. The van der Waals surface area contributed by atoms with Crippen LogP contribution in [0.25, 0.3) is 0 Å². The van der Waals surface area contributed by atoms with Crippen LogP contribution in [0, 0.1) is 0 Å². The van der Waals surface area contributed by atoms with Crippen molar-refractivity contribution in [3.05, 3.63) is 30.1 Å². The summed E-state index contributed by atoms with van der Waals surface area (Å²) in [6.07, 6.45) is 3.39. The van der Waals surface area contributed by atoms with Crippen molar-refractivity contribution in [3.63, 3.8) is 0 Å². The summed E-state index contributed by atoms with van der Waals surface area (Å²) >= 11 is 0. The van der Waals surface area contributed by atoms with Crippen molar-refractivity contribution in [2.45, 2.75) is 12.6 Å². The third kappa shape index (κ3) is 3.78. The molecule has 1 aromatic heterocycles. The molecule has 0 aromatic carbocycles. The molecule has 0 bridgehead atoms. The van der Waals surface area contributed by atoms with Crippen molar-refractivity contribution in [1.82, 2.24) is 20.1 Å². The van der Waals surface area contributed by atoms with E-state index in [1.54, 1.807) is 6.20 Å². The van der Waals surface area contributed by atoms with E-state index in [1.165, 1.54) is 5.56 Å². The van der Waals surface area contributed by atoms with Crippen LogP contribution >= 0.6 is 0 Å². The SMILES string of the molecule is O=C(C1CNCCO1)N1CCN(Cc2cccnc2)CC1. The fraction of sp³-hybridized carbons (Fsp3) is 0.600. The molecular weight excluding hydrogens is 268 g/mol. The lowest BCUT2D eigenvalue weighted by Gasteiger charge is -2.37. The minimum Gasteiger partial charge on any atom is -0.366 e. The lowest BCUT2D eigenvalue weighted by atomic mass is 10.2. The van der Waals surface area contributed by atoms with Gasteiger partial charge in [0.2, 0.25) is 0 Å². The third-order valence-electron chi connectivity index (χ3n) is 4.02. The van der Waals surface area contributed by atoms with Gasteiger partial charge in [-0.3, -0.25) is 14.7 Å². The Labute approximate surface area is 125 Å². The van der Waals surface area contributed by atoms with Gasteiger partial charge in [-0.15, -0.1) is 0 Å². The van der Waals surface area contributed by atoms with Crippen LogP contribution in [0.3, 0.4) is 0 Å². The van der Waals surface area contributed by atoms with Crippen LogP contribution in [-0.4, -0.2) is 72.7 Å². The van der Waals surface area contributed by atoms with Crippen molar-refractivity contribution in [2.24, 2.45) is 0 Å². The first kappa shape index (κ1) is 14.4. The first-order valence-corrected chi connectivity index (χ1v) is 7.55. The van der Waals surface area contributed by atoms with E-state index in [-0.39, 0.29) is 12.0 Å². The molecule has 1 atom stereocenters. The number of pyridine rings is 1. The number of ether oxygens (including phenoxy) is 1. The maximum Gasteiger partial charge on any atom is 0.253 e. The maximum absolute atomic E-state index is 12.4. The van der Waals surface area contributed by atoms with Crippen LogP contribution in [-0.2, 0) is 16.1 Å². The molecule has 1 unspecified atom stereocenters. The van der Waals surface area contributed by atoms with Crippen LogP contribution in [0.1, 0.15) is 5.56 Å². The molecule has 1 amide bonds. The summed E-state index contributed by atoms with van der Waals surface area (Å²) in [5, 5.41) is 3.21. The van der Waals surface area contributed by atoms with Gasteiger partial charge in [0.15, 0.2) is 0 Å². The number of piperazine rings is 1. The van der Waals surface area contributed by atoms with Crippen molar-refractivity contribution < 1.29 is 9.53 Å². The van der Waals surface area contributed by atoms with Gasteiger partial charge in [0.1, 0.15) is 6.10 Å². The molecular formula is C15H22N4O2. The van der Waals surface area contributed by atoms with E-state index in [1.807, 2.05) is 17.2 Å². The highest BCUT2D eigenvalue weighted by Gasteiger charge is 2.29. The summed E-state index contributed by atoms with van der Waals surface area (Å²) in [6.45, 7) is 6.35. The highest BCUT2D eigenvalue weighted by Crippen LogP contribution is 2.10. The molecule has 1 N–H and O–H groups in total. The number of aromatic nitrogens is 1. The summed E-state index contributed by atoms with van der Waals surface area (Å²) in [4.78, 5) is 20.8. The quantitative estimate of drug-likeness (QED) is 0.829. The van der Waals surface area contributed by atoms with Gasteiger partial charge in [-0.2, -0.15) is 0 Å². The number of hydrogen-bond donors (Lipinski definition) is 1. The van der Waals surface area contributed by atoms with Gasteiger partial charge >= 0.3 is 0 Å².